The number of esters is 3. The van der Waals surface area contributed by atoms with Crippen LogP contribution >= 0.6 is 0 Å². The van der Waals surface area contributed by atoms with Gasteiger partial charge in [-0.05, 0) is 40.0 Å². The number of carbonyl (C=O) groups is 3. The average Bonchev–Trinajstić information content (AvgIpc) is 3.02. The Morgan fingerprint density at radius 3 is 1.44 bits per heavy atom. The molecule has 0 aromatic heterocycles. The molecule has 0 aliphatic heterocycles. The molecule has 3 aromatic carbocycles. The smallest absolute Gasteiger partial charge is 0.341 e. The van der Waals surface area contributed by atoms with Crippen LogP contribution < -0.4 is 11.1 Å². The maximum Gasteiger partial charge on any atom is 0.341 e. The van der Waals surface area contributed by atoms with Crippen LogP contribution in [0.2, 0.25) is 0 Å². The van der Waals surface area contributed by atoms with Crippen molar-refractivity contribution in [2.24, 2.45) is 5.73 Å². The molecule has 0 spiro atoms. The van der Waals surface area contributed by atoms with Crippen molar-refractivity contribution >= 4 is 35.0 Å². The first kappa shape index (κ1) is 42.3. The van der Waals surface area contributed by atoms with Crippen LogP contribution in [0.4, 0.5) is 39.0 Å². The second-order valence-electron chi connectivity index (χ2n) is 8.18. The Hall–Kier alpha value is -5.72. The molecule has 0 saturated carbocycles. The number of nitro benzene ring substituents is 2. The van der Waals surface area contributed by atoms with E-state index >= 15 is 0 Å². The molecule has 0 radical (unpaired) electrons. The minimum atomic E-state index is -1.34. The Morgan fingerprint density at radius 2 is 1.04 bits per heavy atom. The van der Waals surface area contributed by atoms with Gasteiger partial charge in [-0.15, -0.1) is 0 Å². The molecule has 0 bridgehead atoms. The number of benzene rings is 3. The average molecular weight is 691 g/mol. The highest BCUT2D eigenvalue weighted by Crippen LogP contribution is 2.28. The number of ether oxygens (including phenoxy) is 3. The Bertz CT molecular complexity index is 1610. The van der Waals surface area contributed by atoms with Crippen LogP contribution in [0, 0.1) is 49.3 Å². The summed E-state index contributed by atoms with van der Waals surface area (Å²) in [6.45, 7) is 4.89. The summed E-state index contributed by atoms with van der Waals surface area (Å²) in [6.07, 6.45) is 0. The fraction of sp³-hybridized carbons (Fsp3) is 0.276. The number of carbonyl (C=O) groups excluding carboxylic acids is 3. The van der Waals surface area contributed by atoms with Crippen molar-refractivity contribution in [3.05, 3.63) is 108 Å². The number of halogens is 5. The van der Waals surface area contributed by atoms with E-state index in [0.717, 1.165) is 24.3 Å². The molecule has 0 heterocycles. The normalized spacial score (nSPS) is 9.56. The van der Waals surface area contributed by atoms with Crippen LogP contribution in [0.25, 0.3) is 0 Å². The Balaban J connectivity index is 0.000000678. The number of nitrogens with two attached hydrogens (primary N) is 1. The third kappa shape index (κ3) is 12.6. The van der Waals surface area contributed by atoms with Gasteiger partial charge < -0.3 is 25.3 Å². The highest BCUT2D eigenvalue weighted by Gasteiger charge is 2.24. The number of nitro groups is 2. The number of anilines is 1. The SMILES string of the molecule is CCOC(=O)c1cc([N+](=O)[O-])c(F)cc1F.CCOC(=O)c1cc([N+](=O)[O-])c(NC)cc1F.CCOC(=O)c1ccc(F)cc1F.CN. The van der Waals surface area contributed by atoms with Crippen molar-refractivity contribution in [1.29, 1.82) is 0 Å². The van der Waals surface area contributed by atoms with E-state index in [1.807, 2.05) is 0 Å². The lowest BCUT2D eigenvalue weighted by molar-refractivity contribution is -0.387. The largest absolute Gasteiger partial charge is 0.462 e. The molecule has 0 atom stereocenters. The van der Waals surface area contributed by atoms with E-state index in [2.05, 4.69) is 25.3 Å². The van der Waals surface area contributed by atoms with E-state index in [1.54, 1.807) is 13.8 Å². The highest BCUT2D eigenvalue weighted by molar-refractivity contribution is 5.92. The molecule has 0 fully saturated rings. The van der Waals surface area contributed by atoms with Crippen molar-refractivity contribution in [2.45, 2.75) is 20.8 Å². The quantitative estimate of drug-likeness (QED) is 0.0910. The number of hydrogen-bond donors (Lipinski definition) is 2. The molecule has 0 amide bonds. The first-order chi connectivity index (χ1) is 22.6. The number of nitrogens with zero attached hydrogens (tertiary/aromatic N) is 2. The lowest BCUT2D eigenvalue weighted by Crippen LogP contribution is -2.09. The van der Waals surface area contributed by atoms with Gasteiger partial charge in [0.05, 0.1) is 35.2 Å². The summed E-state index contributed by atoms with van der Waals surface area (Å²) in [5.41, 5.74) is 1.80. The van der Waals surface area contributed by atoms with Gasteiger partial charge in [0.2, 0.25) is 5.82 Å². The summed E-state index contributed by atoms with van der Waals surface area (Å²) in [5.74, 6) is -7.78. The predicted molar refractivity (Wildman–Crippen MR) is 160 cm³/mol. The van der Waals surface area contributed by atoms with Crippen molar-refractivity contribution in [3.63, 3.8) is 0 Å². The van der Waals surface area contributed by atoms with E-state index in [4.69, 9.17) is 0 Å². The summed E-state index contributed by atoms with van der Waals surface area (Å²) in [6, 6.07) is 5.26. The van der Waals surface area contributed by atoms with Crippen molar-refractivity contribution in [2.75, 3.05) is 39.2 Å². The monoisotopic (exact) mass is 690 g/mol. The van der Waals surface area contributed by atoms with Crippen LogP contribution in [0.15, 0.2) is 42.5 Å². The molecule has 3 aromatic rings. The molecule has 48 heavy (non-hydrogen) atoms. The highest BCUT2D eigenvalue weighted by atomic mass is 19.1. The molecule has 3 rings (SSSR count). The fourth-order valence-electron chi connectivity index (χ4n) is 3.19. The summed E-state index contributed by atoms with van der Waals surface area (Å²) in [5, 5.41) is 23.6. The third-order valence-corrected chi connectivity index (χ3v) is 5.20. The standard InChI is InChI=1S/C10H11FN2O4.C9H7F2NO4.C9H8F2O2.CH5N/c1-3-17-10(14)6-4-9(13(15)16)8(12-2)5-7(6)11;1-2-16-9(13)5-3-8(12(14)15)7(11)4-6(5)10;1-2-13-9(12)7-4-3-6(10)5-8(7)11;1-2/h4-5,12H,3H2,1-2H3;3-4H,2H2,1H3;3-5H,2H2,1H3;2H2,1H3. The molecule has 0 unspecified atom stereocenters. The van der Waals surface area contributed by atoms with E-state index in [1.165, 1.54) is 21.0 Å². The van der Waals surface area contributed by atoms with Gasteiger partial charge >= 0.3 is 23.6 Å². The van der Waals surface area contributed by atoms with Gasteiger partial charge in [0.25, 0.3) is 5.69 Å². The van der Waals surface area contributed by atoms with Crippen LogP contribution in [0.1, 0.15) is 51.8 Å². The van der Waals surface area contributed by atoms with Gasteiger partial charge in [-0.3, -0.25) is 20.2 Å². The molecule has 0 aliphatic rings. The van der Waals surface area contributed by atoms with Gasteiger partial charge in [-0.25, -0.2) is 31.9 Å². The number of rotatable bonds is 9. The zero-order chi connectivity index (χ0) is 37.1. The molecule has 0 saturated heterocycles. The molecule has 0 aliphatic carbocycles. The van der Waals surface area contributed by atoms with Crippen molar-refractivity contribution in [3.8, 4) is 0 Å². The lowest BCUT2D eigenvalue weighted by Gasteiger charge is -2.06. The first-order valence-corrected chi connectivity index (χ1v) is 13.5. The molecular weight excluding hydrogens is 659 g/mol. The van der Waals surface area contributed by atoms with E-state index in [9.17, 15) is 56.6 Å². The van der Waals surface area contributed by atoms with Gasteiger partial charge in [0.1, 0.15) is 40.1 Å². The molecule has 3 N–H and O–H groups in total. The second-order valence-corrected chi connectivity index (χ2v) is 8.18. The molecular formula is C29H31F5N4O10. The van der Waals surface area contributed by atoms with Crippen LogP contribution in [0.3, 0.4) is 0 Å². The predicted octanol–water partition coefficient (Wildman–Crippen LogP) is 5.72. The maximum absolute atomic E-state index is 13.5. The zero-order valence-corrected chi connectivity index (χ0v) is 26.1. The van der Waals surface area contributed by atoms with E-state index in [-0.39, 0.29) is 42.8 Å². The van der Waals surface area contributed by atoms with E-state index < -0.39 is 73.7 Å². The fourth-order valence-corrected chi connectivity index (χ4v) is 3.19. The summed E-state index contributed by atoms with van der Waals surface area (Å²) in [7, 11) is 2.92. The van der Waals surface area contributed by atoms with Gasteiger partial charge in [-0.1, -0.05) is 0 Å². The Morgan fingerprint density at radius 1 is 0.646 bits per heavy atom. The molecule has 262 valence electrons. The Kier molecular flexibility index (Phi) is 18.6. The summed E-state index contributed by atoms with van der Waals surface area (Å²) >= 11 is 0. The van der Waals surface area contributed by atoms with Crippen LogP contribution in [-0.2, 0) is 14.2 Å². The van der Waals surface area contributed by atoms with Gasteiger partial charge in [-0.2, -0.15) is 4.39 Å². The third-order valence-electron chi connectivity index (χ3n) is 5.20. The van der Waals surface area contributed by atoms with Crippen LogP contribution in [-0.4, -0.2) is 61.7 Å². The second kappa shape index (κ2) is 21.1. The number of hydrogen-bond acceptors (Lipinski definition) is 12. The molecule has 19 heteroatoms. The number of nitrogens with one attached hydrogen (secondary N) is 1. The minimum Gasteiger partial charge on any atom is -0.462 e. The minimum absolute atomic E-state index is 0.000508. The van der Waals surface area contributed by atoms with Gasteiger partial charge in [0, 0.05) is 37.4 Å². The first-order valence-electron chi connectivity index (χ1n) is 13.5. The van der Waals surface area contributed by atoms with Crippen LogP contribution in [0.5, 0.6) is 0 Å². The topological polar surface area (TPSA) is 203 Å². The zero-order valence-electron chi connectivity index (χ0n) is 26.1. The maximum atomic E-state index is 13.5. The molecule has 14 nitrogen and oxygen atoms in total. The lowest BCUT2D eigenvalue weighted by atomic mass is 10.1. The van der Waals surface area contributed by atoms with Crippen molar-refractivity contribution in [1.82, 2.24) is 0 Å². The van der Waals surface area contributed by atoms with Gasteiger partial charge in [0.15, 0.2) is 0 Å². The van der Waals surface area contributed by atoms with Crippen molar-refractivity contribution < 1.29 is 60.4 Å². The summed E-state index contributed by atoms with van der Waals surface area (Å²) in [4.78, 5) is 52.8. The van der Waals surface area contributed by atoms with E-state index in [0.29, 0.717) is 12.1 Å². The summed E-state index contributed by atoms with van der Waals surface area (Å²) < 4.78 is 78.4. The Labute approximate surface area is 269 Å².